The van der Waals surface area contributed by atoms with Crippen molar-refractivity contribution in [1.82, 2.24) is 9.88 Å². The zero-order chi connectivity index (χ0) is 15.2. The maximum absolute atomic E-state index is 12.2. The van der Waals surface area contributed by atoms with Gasteiger partial charge in [-0.25, -0.2) is 9.78 Å². The number of hydrogen-bond donors (Lipinski definition) is 1. The second-order valence-corrected chi connectivity index (χ2v) is 6.44. The van der Waals surface area contributed by atoms with E-state index in [9.17, 15) is 4.79 Å². The molecule has 1 fully saturated rings. The largest absolute Gasteiger partial charge is 0.381 e. The molecule has 1 saturated heterocycles. The van der Waals surface area contributed by atoms with E-state index in [1.54, 1.807) is 0 Å². The quantitative estimate of drug-likeness (QED) is 0.874. The van der Waals surface area contributed by atoms with Crippen LogP contribution in [0.3, 0.4) is 0 Å². The Labute approximate surface area is 130 Å². The molecule has 1 N–H and O–H groups in total. The Morgan fingerprint density at radius 1 is 1.62 bits per heavy atom. The molecule has 0 aliphatic carbocycles. The molecule has 2 rings (SSSR count). The normalized spacial score (nSPS) is 19.8. The number of carbonyl (C=O) groups excluding carboxylic acids is 1. The Kier molecular flexibility index (Phi) is 5.99. The lowest BCUT2D eigenvalue weighted by atomic mass is 10.1. The predicted molar refractivity (Wildman–Crippen MR) is 86.0 cm³/mol. The number of carbonyl (C=O) groups is 1. The Morgan fingerprint density at radius 3 is 3.14 bits per heavy atom. The number of hydrogen-bond acceptors (Lipinski definition) is 4. The average molecular weight is 311 g/mol. The molecule has 2 amide bonds. The van der Waals surface area contributed by atoms with Gasteiger partial charge in [-0.15, -0.1) is 11.3 Å². The van der Waals surface area contributed by atoms with Crippen molar-refractivity contribution in [1.29, 1.82) is 0 Å². The average Bonchev–Trinajstić information content (AvgIpc) is 3.13. The summed E-state index contributed by atoms with van der Waals surface area (Å²) in [7, 11) is 0. The van der Waals surface area contributed by atoms with Gasteiger partial charge in [0, 0.05) is 31.0 Å². The molecular weight excluding hydrogens is 286 g/mol. The summed E-state index contributed by atoms with van der Waals surface area (Å²) in [5, 5.41) is 5.64. The highest BCUT2D eigenvalue weighted by Crippen LogP contribution is 2.25. The van der Waals surface area contributed by atoms with Crippen molar-refractivity contribution < 1.29 is 9.53 Å². The van der Waals surface area contributed by atoms with Crippen molar-refractivity contribution in [2.24, 2.45) is 5.92 Å². The van der Waals surface area contributed by atoms with Gasteiger partial charge < -0.3 is 9.64 Å². The van der Waals surface area contributed by atoms with Crippen molar-refractivity contribution in [2.75, 3.05) is 31.6 Å². The van der Waals surface area contributed by atoms with Gasteiger partial charge in [-0.3, -0.25) is 5.32 Å². The highest BCUT2D eigenvalue weighted by atomic mass is 32.1. The van der Waals surface area contributed by atoms with Crippen LogP contribution >= 0.6 is 11.3 Å². The molecule has 0 aromatic carbocycles. The number of nitrogens with one attached hydrogen (secondary N) is 1. The predicted octanol–water partition coefficient (Wildman–Crippen LogP) is 3.55. The molecule has 0 bridgehead atoms. The molecule has 1 aliphatic heterocycles. The van der Waals surface area contributed by atoms with Gasteiger partial charge in [0.1, 0.15) is 0 Å². The van der Waals surface area contributed by atoms with E-state index in [1.165, 1.54) is 11.3 Å². The fourth-order valence-corrected chi connectivity index (χ4v) is 3.21. The van der Waals surface area contributed by atoms with Crippen molar-refractivity contribution in [3.8, 4) is 0 Å². The number of anilines is 1. The van der Waals surface area contributed by atoms with Gasteiger partial charge in [-0.1, -0.05) is 13.8 Å². The summed E-state index contributed by atoms with van der Waals surface area (Å²) in [6.07, 6.45) is 2.08. The Hall–Kier alpha value is -1.14. The number of amides is 2. The van der Waals surface area contributed by atoms with Gasteiger partial charge in [0.2, 0.25) is 0 Å². The van der Waals surface area contributed by atoms with Crippen LogP contribution in [0.25, 0.3) is 0 Å². The minimum Gasteiger partial charge on any atom is -0.381 e. The summed E-state index contributed by atoms with van der Waals surface area (Å²) in [6, 6.07) is -0.0425. The zero-order valence-corrected chi connectivity index (χ0v) is 13.9. The lowest BCUT2D eigenvalue weighted by Gasteiger charge is -2.16. The number of likely N-dealkylation sites (tertiary alicyclic amines) is 1. The van der Waals surface area contributed by atoms with Gasteiger partial charge >= 0.3 is 6.03 Å². The number of nitrogens with zero attached hydrogens (tertiary/aromatic N) is 2. The molecule has 0 saturated carbocycles. The van der Waals surface area contributed by atoms with E-state index < -0.39 is 0 Å². The zero-order valence-electron chi connectivity index (χ0n) is 13.1. The van der Waals surface area contributed by atoms with Gasteiger partial charge in [0.05, 0.1) is 12.3 Å². The van der Waals surface area contributed by atoms with E-state index in [-0.39, 0.29) is 6.03 Å². The van der Waals surface area contributed by atoms with E-state index in [0.29, 0.717) is 17.0 Å². The molecular formula is C15H25N3O2S. The highest BCUT2D eigenvalue weighted by Gasteiger charge is 2.26. The van der Waals surface area contributed by atoms with E-state index in [1.807, 2.05) is 17.2 Å². The van der Waals surface area contributed by atoms with Crippen molar-refractivity contribution in [3.05, 3.63) is 11.1 Å². The fourth-order valence-electron chi connectivity index (χ4n) is 2.39. The first-order valence-electron chi connectivity index (χ1n) is 7.73. The SMILES string of the molecule is CCOC[C@@H]1CCN(C(=O)Nc2nc([C@@H](C)CC)cs2)C1. The van der Waals surface area contributed by atoms with Crippen molar-refractivity contribution in [3.63, 3.8) is 0 Å². The highest BCUT2D eigenvalue weighted by molar-refractivity contribution is 7.13. The maximum atomic E-state index is 12.2. The second-order valence-electron chi connectivity index (χ2n) is 5.58. The number of aromatic nitrogens is 1. The molecule has 1 aromatic rings. The molecule has 5 nitrogen and oxygen atoms in total. The van der Waals surface area contributed by atoms with Crippen LogP contribution in [0.2, 0.25) is 0 Å². The summed E-state index contributed by atoms with van der Waals surface area (Å²) in [5.74, 6) is 0.900. The molecule has 2 atom stereocenters. The van der Waals surface area contributed by atoms with Crippen LogP contribution in [0.15, 0.2) is 5.38 Å². The summed E-state index contributed by atoms with van der Waals surface area (Å²) in [5.41, 5.74) is 1.06. The number of thiazole rings is 1. The van der Waals surface area contributed by atoms with Gasteiger partial charge in [-0.05, 0) is 25.7 Å². The van der Waals surface area contributed by atoms with Crippen LogP contribution in [0.1, 0.15) is 45.2 Å². The molecule has 1 aliphatic rings. The standard InChI is InChI=1S/C15H25N3O2S/c1-4-11(3)13-10-21-14(16-13)17-15(19)18-7-6-12(8-18)9-20-5-2/h10-12H,4-9H2,1-3H3,(H,16,17,19)/t11-,12+/m0/s1. The smallest absolute Gasteiger partial charge is 0.323 e. The molecule has 0 radical (unpaired) electrons. The number of rotatable bonds is 6. The molecule has 2 heterocycles. The van der Waals surface area contributed by atoms with Crippen molar-refractivity contribution >= 4 is 22.5 Å². The van der Waals surface area contributed by atoms with Crippen LogP contribution in [0.5, 0.6) is 0 Å². The third-order valence-electron chi connectivity index (χ3n) is 3.98. The first-order valence-corrected chi connectivity index (χ1v) is 8.61. The van der Waals surface area contributed by atoms with Crippen LogP contribution in [0, 0.1) is 5.92 Å². The summed E-state index contributed by atoms with van der Waals surface area (Å²) in [4.78, 5) is 18.6. The minimum absolute atomic E-state index is 0.0425. The van der Waals surface area contributed by atoms with Gasteiger partial charge in [0.25, 0.3) is 0 Å². The van der Waals surface area contributed by atoms with E-state index in [4.69, 9.17) is 4.74 Å². The van der Waals surface area contributed by atoms with Crippen LogP contribution < -0.4 is 5.32 Å². The number of ether oxygens (including phenoxy) is 1. The van der Waals surface area contributed by atoms with Crippen LogP contribution in [0.4, 0.5) is 9.93 Å². The lowest BCUT2D eigenvalue weighted by Crippen LogP contribution is -2.33. The molecule has 21 heavy (non-hydrogen) atoms. The molecule has 6 heteroatoms. The monoisotopic (exact) mass is 311 g/mol. The van der Waals surface area contributed by atoms with Crippen LogP contribution in [-0.4, -0.2) is 42.2 Å². The maximum Gasteiger partial charge on any atom is 0.323 e. The first-order chi connectivity index (χ1) is 10.1. The minimum atomic E-state index is -0.0425. The summed E-state index contributed by atoms with van der Waals surface area (Å²) >= 11 is 1.50. The first kappa shape index (κ1) is 16.2. The van der Waals surface area contributed by atoms with Gasteiger partial charge in [-0.2, -0.15) is 0 Å². The number of urea groups is 1. The van der Waals surface area contributed by atoms with E-state index >= 15 is 0 Å². The molecule has 118 valence electrons. The third kappa shape index (κ3) is 4.41. The third-order valence-corrected chi connectivity index (χ3v) is 4.76. The Balaban J connectivity index is 1.83. The Bertz CT molecular complexity index is 464. The van der Waals surface area contributed by atoms with Gasteiger partial charge in [0.15, 0.2) is 5.13 Å². The van der Waals surface area contributed by atoms with E-state index in [2.05, 4.69) is 24.1 Å². The summed E-state index contributed by atoms with van der Waals surface area (Å²) in [6.45, 7) is 9.35. The summed E-state index contributed by atoms with van der Waals surface area (Å²) < 4.78 is 5.44. The topological polar surface area (TPSA) is 54.5 Å². The molecule has 1 aromatic heterocycles. The van der Waals surface area contributed by atoms with Crippen molar-refractivity contribution in [2.45, 2.75) is 39.5 Å². The Morgan fingerprint density at radius 2 is 2.43 bits per heavy atom. The fraction of sp³-hybridized carbons (Fsp3) is 0.733. The molecule has 0 unspecified atom stereocenters. The molecule has 0 spiro atoms. The lowest BCUT2D eigenvalue weighted by molar-refractivity contribution is 0.113. The van der Waals surface area contributed by atoms with E-state index in [0.717, 1.165) is 44.8 Å². The second kappa shape index (κ2) is 7.75. The van der Waals surface area contributed by atoms with Crippen LogP contribution in [-0.2, 0) is 4.74 Å².